The molecule has 2 aromatic heterocycles. The third-order valence-corrected chi connectivity index (χ3v) is 5.25. The van der Waals surface area contributed by atoms with Crippen LogP contribution in [0.25, 0.3) is 0 Å². The Morgan fingerprint density at radius 2 is 2.03 bits per heavy atom. The minimum Gasteiger partial charge on any atom is -0.369 e. The Balaban J connectivity index is 1.38. The molecule has 1 amide bonds. The van der Waals surface area contributed by atoms with Gasteiger partial charge in [0.1, 0.15) is 0 Å². The maximum Gasteiger partial charge on any atom is 0.269 e. The molecule has 30 heavy (non-hydrogen) atoms. The third-order valence-electron chi connectivity index (χ3n) is 5.25. The number of anilines is 1. The number of nitrogens with zero attached hydrogens (tertiary/aromatic N) is 5. The summed E-state index contributed by atoms with van der Waals surface area (Å²) >= 11 is 0. The highest BCUT2D eigenvalue weighted by Crippen LogP contribution is 2.22. The second-order valence-corrected chi connectivity index (χ2v) is 7.39. The van der Waals surface area contributed by atoms with Gasteiger partial charge in [0, 0.05) is 31.5 Å². The van der Waals surface area contributed by atoms with Gasteiger partial charge in [-0.25, -0.2) is 4.68 Å². The summed E-state index contributed by atoms with van der Waals surface area (Å²) in [4.78, 5) is 35.4. The Morgan fingerprint density at radius 1 is 1.17 bits per heavy atom. The average molecular weight is 404 g/mol. The van der Waals surface area contributed by atoms with Crippen molar-refractivity contribution in [3.8, 4) is 0 Å². The minimum atomic E-state index is -0.148. The number of hydrogen-bond acceptors (Lipinski definition) is 6. The quantitative estimate of drug-likeness (QED) is 0.671. The lowest BCUT2D eigenvalue weighted by molar-refractivity contribution is -0.125. The summed E-state index contributed by atoms with van der Waals surface area (Å²) in [6.07, 6.45) is 8.27. The van der Waals surface area contributed by atoms with E-state index in [2.05, 4.69) is 25.3 Å². The molecule has 0 spiro atoms. The molecule has 1 atom stereocenters. The fourth-order valence-electron chi connectivity index (χ4n) is 3.64. The zero-order valence-corrected chi connectivity index (χ0v) is 16.6. The second kappa shape index (κ2) is 9.30. The Morgan fingerprint density at radius 3 is 2.80 bits per heavy atom. The first-order chi connectivity index (χ1) is 14.7. The van der Waals surface area contributed by atoms with E-state index in [4.69, 9.17) is 0 Å². The molecule has 0 saturated carbocycles. The van der Waals surface area contributed by atoms with Crippen LogP contribution in [0, 0.1) is 5.92 Å². The molecule has 8 heteroatoms. The van der Waals surface area contributed by atoms with Crippen molar-refractivity contribution >= 4 is 11.6 Å². The van der Waals surface area contributed by atoms with Gasteiger partial charge >= 0.3 is 0 Å². The maximum atomic E-state index is 12.6. The van der Waals surface area contributed by atoms with E-state index in [0.717, 1.165) is 36.3 Å². The van der Waals surface area contributed by atoms with E-state index in [-0.39, 0.29) is 17.4 Å². The van der Waals surface area contributed by atoms with Crippen LogP contribution in [0.5, 0.6) is 0 Å². The van der Waals surface area contributed by atoms with Crippen LogP contribution in [0.2, 0.25) is 0 Å². The van der Waals surface area contributed by atoms with E-state index in [0.29, 0.717) is 19.6 Å². The summed E-state index contributed by atoms with van der Waals surface area (Å²) < 4.78 is 1.45. The molecule has 4 rings (SSSR count). The van der Waals surface area contributed by atoms with Crippen molar-refractivity contribution in [1.82, 2.24) is 25.1 Å². The van der Waals surface area contributed by atoms with Crippen molar-refractivity contribution in [1.29, 1.82) is 0 Å². The number of piperidine rings is 1. The molecule has 1 fully saturated rings. The van der Waals surface area contributed by atoms with Gasteiger partial charge in [0.05, 0.1) is 42.8 Å². The van der Waals surface area contributed by atoms with Crippen molar-refractivity contribution in [2.45, 2.75) is 25.9 Å². The van der Waals surface area contributed by atoms with Gasteiger partial charge < -0.3 is 10.2 Å². The smallest absolute Gasteiger partial charge is 0.269 e. The Bertz CT molecular complexity index is 1040. The Kier molecular flexibility index (Phi) is 6.12. The SMILES string of the molecule is O=C(NCc1cnccn1)[C@@H]1CCCN(c2cnn(Cc3ccccc3)c(=O)c2)C1. The molecule has 0 bridgehead atoms. The third kappa shape index (κ3) is 4.89. The summed E-state index contributed by atoms with van der Waals surface area (Å²) in [6.45, 7) is 2.17. The predicted molar refractivity (Wildman–Crippen MR) is 113 cm³/mol. The monoisotopic (exact) mass is 404 g/mol. The molecular formula is C22H24N6O2. The van der Waals surface area contributed by atoms with Gasteiger partial charge in [-0.15, -0.1) is 0 Å². The van der Waals surface area contributed by atoms with Crippen LogP contribution in [-0.2, 0) is 17.9 Å². The van der Waals surface area contributed by atoms with Crippen molar-refractivity contribution in [2.24, 2.45) is 5.92 Å². The van der Waals surface area contributed by atoms with Crippen LogP contribution in [0.1, 0.15) is 24.1 Å². The van der Waals surface area contributed by atoms with Crippen LogP contribution in [0.15, 0.2) is 66.0 Å². The van der Waals surface area contributed by atoms with Gasteiger partial charge in [-0.2, -0.15) is 5.10 Å². The molecule has 1 saturated heterocycles. The van der Waals surface area contributed by atoms with Gasteiger partial charge in [0.2, 0.25) is 5.91 Å². The first-order valence-corrected chi connectivity index (χ1v) is 10.1. The predicted octanol–water partition coefficient (Wildman–Crippen LogP) is 1.61. The molecule has 0 radical (unpaired) electrons. The van der Waals surface area contributed by atoms with E-state index < -0.39 is 0 Å². The number of hydrogen-bond donors (Lipinski definition) is 1. The summed E-state index contributed by atoms with van der Waals surface area (Å²) in [5, 5.41) is 7.28. The normalized spacial score (nSPS) is 16.3. The highest BCUT2D eigenvalue weighted by molar-refractivity contribution is 5.79. The number of aromatic nitrogens is 4. The van der Waals surface area contributed by atoms with Crippen molar-refractivity contribution in [3.63, 3.8) is 0 Å². The van der Waals surface area contributed by atoms with Crippen molar-refractivity contribution in [3.05, 3.63) is 82.8 Å². The van der Waals surface area contributed by atoms with Crippen LogP contribution in [0.3, 0.4) is 0 Å². The fourth-order valence-corrected chi connectivity index (χ4v) is 3.64. The minimum absolute atomic E-state index is 0.00395. The van der Waals surface area contributed by atoms with Crippen molar-refractivity contribution < 1.29 is 4.79 Å². The molecule has 0 unspecified atom stereocenters. The molecule has 154 valence electrons. The summed E-state index contributed by atoms with van der Waals surface area (Å²) in [5.41, 5.74) is 2.36. The van der Waals surface area contributed by atoms with Crippen molar-refractivity contribution in [2.75, 3.05) is 18.0 Å². The van der Waals surface area contributed by atoms with Gasteiger partial charge in [-0.1, -0.05) is 30.3 Å². The van der Waals surface area contributed by atoms with E-state index in [1.54, 1.807) is 30.9 Å². The topological polar surface area (TPSA) is 93.0 Å². The number of carbonyl (C=O) groups is 1. The van der Waals surface area contributed by atoms with Crippen LogP contribution >= 0.6 is 0 Å². The fraction of sp³-hybridized carbons (Fsp3) is 0.318. The number of carbonyl (C=O) groups excluding carboxylic acids is 1. The lowest BCUT2D eigenvalue weighted by atomic mass is 9.97. The standard InChI is InChI=1S/C22H24N6O2/c29-21-11-20(14-26-28(21)15-17-5-2-1-3-6-17)27-10-4-7-18(16-27)22(30)25-13-19-12-23-8-9-24-19/h1-3,5-6,8-9,11-12,14,18H,4,7,10,13,15-16H2,(H,25,30)/t18-/m1/s1. The highest BCUT2D eigenvalue weighted by Gasteiger charge is 2.26. The molecule has 0 aliphatic carbocycles. The number of nitrogens with one attached hydrogen (secondary N) is 1. The lowest BCUT2D eigenvalue weighted by Crippen LogP contribution is -2.43. The summed E-state index contributed by atoms with van der Waals surface area (Å²) in [7, 11) is 0. The second-order valence-electron chi connectivity index (χ2n) is 7.39. The highest BCUT2D eigenvalue weighted by atomic mass is 16.2. The summed E-state index contributed by atoms with van der Waals surface area (Å²) in [6, 6.07) is 11.4. The number of benzene rings is 1. The van der Waals surface area contributed by atoms with Crippen LogP contribution in [0.4, 0.5) is 5.69 Å². The van der Waals surface area contributed by atoms with E-state index in [1.807, 2.05) is 30.3 Å². The molecular weight excluding hydrogens is 380 g/mol. The van der Waals surface area contributed by atoms with Crippen LogP contribution in [-0.4, -0.2) is 38.7 Å². The first-order valence-electron chi connectivity index (χ1n) is 10.1. The summed E-state index contributed by atoms with van der Waals surface area (Å²) in [5.74, 6) is -0.141. The molecule has 8 nitrogen and oxygen atoms in total. The molecule has 1 aliphatic heterocycles. The Hall–Kier alpha value is -3.55. The molecule has 1 aromatic carbocycles. The molecule has 3 aromatic rings. The largest absolute Gasteiger partial charge is 0.369 e. The zero-order chi connectivity index (χ0) is 20.8. The van der Waals surface area contributed by atoms with E-state index in [9.17, 15) is 9.59 Å². The van der Waals surface area contributed by atoms with Gasteiger partial charge in [-0.05, 0) is 18.4 Å². The first kappa shape index (κ1) is 19.8. The van der Waals surface area contributed by atoms with Gasteiger partial charge in [0.25, 0.3) is 5.56 Å². The lowest BCUT2D eigenvalue weighted by Gasteiger charge is -2.33. The van der Waals surface area contributed by atoms with Gasteiger partial charge in [-0.3, -0.25) is 19.6 Å². The zero-order valence-electron chi connectivity index (χ0n) is 16.6. The molecule has 3 heterocycles. The van der Waals surface area contributed by atoms with E-state index >= 15 is 0 Å². The van der Waals surface area contributed by atoms with Gasteiger partial charge in [0.15, 0.2) is 0 Å². The molecule has 1 N–H and O–H groups in total. The van der Waals surface area contributed by atoms with Crippen LogP contribution < -0.4 is 15.8 Å². The number of rotatable bonds is 6. The number of amides is 1. The molecule has 1 aliphatic rings. The average Bonchev–Trinajstić information content (AvgIpc) is 2.80. The maximum absolute atomic E-state index is 12.6. The Labute approximate surface area is 174 Å². The van der Waals surface area contributed by atoms with E-state index in [1.165, 1.54) is 4.68 Å².